The summed E-state index contributed by atoms with van der Waals surface area (Å²) in [6.45, 7) is 7.38. The van der Waals surface area contributed by atoms with Gasteiger partial charge in [0.05, 0.1) is 6.61 Å². The number of nitrogens with zero attached hydrogens (tertiary/aromatic N) is 3. The third-order valence-electron chi connectivity index (χ3n) is 4.18. The van der Waals surface area contributed by atoms with E-state index in [1.807, 2.05) is 25.3 Å². The number of unbranched alkanes of at least 4 members (excludes halogenated alkanes) is 1. The van der Waals surface area contributed by atoms with Gasteiger partial charge in [0.1, 0.15) is 5.82 Å². The van der Waals surface area contributed by atoms with E-state index in [9.17, 15) is 0 Å². The summed E-state index contributed by atoms with van der Waals surface area (Å²) in [6, 6.07) is 6.07. The molecular weight excluding hydrogens is 264 g/mol. The van der Waals surface area contributed by atoms with E-state index in [1.165, 1.54) is 0 Å². The molecule has 0 aromatic carbocycles. The van der Waals surface area contributed by atoms with E-state index in [0.717, 1.165) is 57.8 Å². The van der Waals surface area contributed by atoms with Crippen molar-refractivity contribution >= 4 is 5.82 Å². The van der Waals surface area contributed by atoms with E-state index in [4.69, 9.17) is 10.8 Å². The molecule has 1 saturated heterocycles. The molecule has 1 fully saturated rings. The lowest BCUT2D eigenvalue weighted by Crippen LogP contribution is -2.47. The Morgan fingerprint density at radius 1 is 1.24 bits per heavy atom. The Bertz CT molecular complexity index is 402. The van der Waals surface area contributed by atoms with Crippen molar-refractivity contribution in [3.05, 3.63) is 24.4 Å². The number of piperazine rings is 1. The second kappa shape index (κ2) is 7.73. The zero-order valence-corrected chi connectivity index (χ0v) is 13.0. The fourth-order valence-corrected chi connectivity index (χ4v) is 2.68. The van der Waals surface area contributed by atoms with Crippen LogP contribution in [0.3, 0.4) is 0 Å². The molecule has 1 aliphatic heterocycles. The van der Waals surface area contributed by atoms with Gasteiger partial charge in [-0.1, -0.05) is 12.5 Å². The molecule has 1 aromatic heterocycles. The van der Waals surface area contributed by atoms with Gasteiger partial charge in [-0.2, -0.15) is 0 Å². The molecule has 118 valence electrons. The summed E-state index contributed by atoms with van der Waals surface area (Å²) < 4.78 is 0. The number of aliphatic hydroxyl groups is 1. The Labute approximate surface area is 127 Å². The minimum absolute atomic E-state index is 0.0652. The van der Waals surface area contributed by atoms with Gasteiger partial charge in [-0.15, -0.1) is 0 Å². The van der Waals surface area contributed by atoms with E-state index in [-0.39, 0.29) is 6.61 Å². The predicted molar refractivity (Wildman–Crippen MR) is 86.4 cm³/mol. The van der Waals surface area contributed by atoms with Crippen molar-refractivity contribution in [3.8, 4) is 0 Å². The highest BCUT2D eigenvalue weighted by atomic mass is 16.3. The van der Waals surface area contributed by atoms with Gasteiger partial charge in [0, 0.05) is 37.9 Å². The quantitative estimate of drug-likeness (QED) is 0.736. The molecule has 2 heterocycles. The van der Waals surface area contributed by atoms with Crippen molar-refractivity contribution in [3.63, 3.8) is 0 Å². The van der Waals surface area contributed by atoms with Crippen LogP contribution in [0.4, 0.5) is 5.82 Å². The average Bonchev–Trinajstić information content (AvgIpc) is 2.53. The number of aliphatic hydroxyl groups excluding tert-OH is 1. The third-order valence-corrected chi connectivity index (χ3v) is 4.18. The van der Waals surface area contributed by atoms with E-state index in [1.54, 1.807) is 0 Å². The minimum atomic E-state index is -0.419. The van der Waals surface area contributed by atoms with Crippen molar-refractivity contribution in [1.29, 1.82) is 0 Å². The Kier molecular flexibility index (Phi) is 5.96. The second-order valence-corrected chi connectivity index (χ2v) is 6.29. The van der Waals surface area contributed by atoms with Gasteiger partial charge in [-0.25, -0.2) is 4.98 Å². The van der Waals surface area contributed by atoms with Crippen LogP contribution in [0.15, 0.2) is 24.4 Å². The van der Waals surface area contributed by atoms with Crippen LogP contribution in [0, 0.1) is 0 Å². The fourth-order valence-electron chi connectivity index (χ4n) is 2.68. The first-order valence-corrected chi connectivity index (χ1v) is 7.89. The van der Waals surface area contributed by atoms with Crippen LogP contribution in [0.5, 0.6) is 0 Å². The van der Waals surface area contributed by atoms with E-state index >= 15 is 0 Å². The van der Waals surface area contributed by atoms with E-state index in [0.29, 0.717) is 0 Å². The summed E-state index contributed by atoms with van der Waals surface area (Å²) in [5, 5.41) is 9.13. The summed E-state index contributed by atoms with van der Waals surface area (Å²) in [6.07, 6.45) is 4.97. The number of nitrogens with two attached hydrogens (primary N) is 1. The Balaban J connectivity index is 1.63. The monoisotopic (exact) mass is 292 g/mol. The maximum Gasteiger partial charge on any atom is 0.128 e. The van der Waals surface area contributed by atoms with Gasteiger partial charge in [-0.3, -0.25) is 4.90 Å². The Morgan fingerprint density at radius 3 is 2.62 bits per heavy atom. The summed E-state index contributed by atoms with van der Waals surface area (Å²) >= 11 is 0. The maximum absolute atomic E-state index is 9.13. The number of rotatable bonds is 7. The van der Waals surface area contributed by atoms with Crippen molar-refractivity contribution in [1.82, 2.24) is 9.88 Å². The topological polar surface area (TPSA) is 65.6 Å². The average molecular weight is 292 g/mol. The lowest BCUT2D eigenvalue weighted by Gasteiger charge is -2.35. The minimum Gasteiger partial charge on any atom is -0.394 e. The van der Waals surface area contributed by atoms with Crippen LogP contribution in [-0.4, -0.2) is 59.9 Å². The van der Waals surface area contributed by atoms with Crippen LogP contribution in [0.1, 0.15) is 26.2 Å². The molecule has 1 atom stereocenters. The van der Waals surface area contributed by atoms with Gasteiger partial charge in [-0.05, 0) is 38.4 Å². The molecule has 2 rings (SSSR count). The fraction of sp³-hybridized carbons (Fsp3) is 0.688. The number of hydrogen-bond acceptors (Lipinski definition) is 5. The normalized spacial score (nSPS) is 19.5. The maximum atomic E-state index is 9.13. The molecule has 0 bridgehead atoms. The molecule has 1 aromatic rings. The van der Waals surface area contributed by atoms with Gasteiger partial charge in [0.25, 0.3) is 0 Å². The molecule has 0 aliphatic carbocycles. The molecule has 21 heavy (non-hydrogen) atoms. The van der Waals surface area contributed by atoms with E-state index < -0.39 is 5.54 Å². The highest BCUT2D eigenvalue weighted by molar-refractivity contribution is 5.38. The molecule has 0 radical (unpaired) electrons. The molecular formula is C16H28N4O. The first kappa shape index (κ1) is 16.2. The molecule has 1 unspecified atom stereocenters. The first-order chi connectivity index (χ1) is 10.1. The van der Waals surface area contributed by atoms with Crippen molar-refractivity contribution < 1.29 is 5.11 Å². The Morgan fingerprint density at radius 2 is 2.00 bits per heavy atom. The largest absolute Gasteiger partial charge is 0.394 e. The summed E-state index contributed by atoms with van der Waals surface area (Å²) in [5.41, 5.74) is 5.52. The lowest BCUT2D eigenvalue weighted by molar-refractivity contribution is 0.192. The number of anilines is 1. The zero-order chi connectivity index (χ0) is 15.1. The number of aromatic nitrogens is 1. The molecule has 1 aliphatic rings. The van der Waals surface area contributed by atoms with Crippen molar-refractivity contribution in [2.24, 2.45) is 5.73 Å². The lowest BCUT2D eigenvalue weighted by atomic mass is 9.97. The van der Waals surface area contributed by atoms with Crippen molar-refractivity contribution in [2.45, 2.75) is 31.7 Å². The first-order valence-electron chi connectivity index (χ1n) is 7.89. The highest BCUT2D eigenvalue weighted by Gasteiger charge is 2.19. The van der Waals surface area contributed by atoms with Gasteiger partial charge < -0.3 is 15.7 Å². The van der Waals surface area contributed by atoms with Crippen LogP contribution < -0.4 is 10.6 Å². The third kappa shape index (κ3) is 5.26. The Hall–Kier alpha value is -1.17. The number of pyridine rings is 1. The van der Waals surface area contributed by atoms with Crippen LogP contribution in [0.2, 0.25) is 0 Å². The molecule has 0 spiro atoms. The SMILES string of the molecule is CC(N)(CO)CCCCN1CCN(c2ccccn2)CC1. The van der Waals surface area contributed by atoms with Crippen LogP contribution in [-0.2, 0) is 0 Å². The van der Waals surface area contributed by atoms with E-state index in [2.05, 4.69) is 20.9 Å². The van der Waals surface area contributed by atoms with Gasteiger partial charge >= 0.3 is 0 Å². The summed E-state index contributed by atoms with van der Waals surface area (Å²) in [7, 11) is 0. The molecule has 0 amide bonds. The molecule has 5 nitrogen and oxygen atoms in total. The second-order valence-electron chi connectivity index (χ2n) is 6.29. The highest BCUT2D eigenvalue weighted by Crippen LogP contribution is 2.14. The summed E-state index contributed by atoms with van der Waals surface area (Å²) in [5.74, 6) is 1.08. The molecule has 5 heteroatoms. The zero-order valence-electron chi connectivity index (χ0n) is 13.0. The molecule has 0 saturated carbocycles. The van der Waals surface area contributed by atoms with Crippen LogP contribution in [0.25, 0.3) is 0 Å². The standard InChI is InChI=1S/C16H28N4O/c1-16(17,14-21)7-3-5-9-19-10-12-20(13-11-19)15-6-2-4-8-18-15/h2,4,6,8,21H,3,5,7,9-14,17H2,1H3. The molecule has 3 N–H and O–H groups in total. The van der Waals surface area contributed by atoms with Gasteiger partial charge in [0.15, 0.2) is 0 Å². The number of hydrogen-bond donors (Lipinski definition) is 2. The van der Waals surface area contributed by atoms with Gasteiger partial charge in [0.2, 0.25) is 0 Å². The van der Waals surface area contributed by atoms with Crippen molar-refractivity contribution in [2.75, 3.05) is 44.2 Å². The predicted octanol–water partition coefficient (Wildman–Crippen LogP) is 1.08. The summed E-state index contributed by atoms with van der Waals surface area (Å²) in [4.78, 5) is 9.26. The smallest absolute Gasteiger partial charge is 0.128 e. The van der Waals surface area contributed by atoms with Crippen LogP contribution >= 0.6 is 0 Å².